The summed E-state index contributed by atoms with van der Waals surface area (Å²) in [4.78, 5) is 15.0. The first-order valence-corrected chi connectivity index (χ1v) is 5.71. The van der Waals surface area contributed by atoms with E-state index in [4.69, 9.17) is 0 Å². The van der Waals surface area contributed by atoms with Crippen LogP contribution in [0.25, 0.3) is 11.0 Å². The Bertz CT molecular complexity index is 498. The lowest BCUT2D eigenvalue weighted by molar-refractivity contribution is 0.112. The molecule has 0 aliphatic heterocycles. The van der Waals surface area contributed by atoms with Crippen molar-refractivity contribution in [1.82, 2.24) is 9.55 Å². The maximum Gasteiger partial charge on any atom is 0.150 e. The Labute approximate surface area is 95.1 Å². The first-order chi connectivity index (χ1) is 7.80. The molecule has 0 unspecified atom stereocenters. The van der Waals surface area contributed by atoms with Gasteiger partial charge in [0.2, 0.25) is 0 Å². The Kier molecular flexibility index (Phi) is 3.04. The Morgan fingerprint density at radius 3 is 2.75 bits per heavy atom. The van der Waals surface area contributed by atoms with E-state index in [2.05, 4.69) is 23.4 Å². The van der Waals surface area contributed by atoms with Crippen molar-refractivity contribution in [2.24, 2.45) is 0 Å². The molecular formula is C13H16N2O. The molecule has 3 nitrogen and oxygen atoms in total. The summed E-state index contributed by atoms with van der Waals surface area (Å²) in [5.74, 6) is 0. The van der Waals surface area contributed by atoms with E-state index in [0.29, 0.717) is 11.6 Å². The van der Waals surface area contributed by atoms with Crippen LogP contribution in [-0.4, -0.2) is 15.8 Å². The van der Waals surface area contributed by atoms with Crippen LogP contribution in [0.5, 0.6) is 0 Å². The maximum absolute atomic E-state index is 10.7. The fraction of sp³-hybridized carbons (Fsp3) is 0.385. The molecule has 84 valence electrons. The molecule has 0 aliphatic rings. The van der Waals surface area contributed by atoms with Crippen LogP contribution < -0.4 is 0 Å². The van der Waals surface area contributed by atoms with Gasteiger partial charge in [0.15, 0.2) is 0 Å². The first-order valence-electron chi connectivity index (χ1n) is 5.71. The van der Waals surface area contributed by atoms with Gasteiger partial charge in [-0.25, -0.2) is 4.98 Å². The topological polar surface area (TPSA) is 34.9 Å². The highest BCUT2D eigenvalue weighted by atomic mass is 16.1. The molecule has 2 rings (SSSR count). The highest BCUT2D eigenvalue weighted by Gasteiger charge is 2.10. The standard InChI is InChI=1S/C13H16N2O/c1-3-11(4-2)15-9-14-12-7-10(8-16)5-6-13(12)15/h5-9,11H,3-4H2,1-2H3. The van der Waals surface area contributed by atoms with Gasteiger partial charge in [-0.2, -0.15) is 0 Å². The van der Waals surface area contributed by atoms with Crippen molar-refractivity contribution >= 4 is 17.3 Å². The molecule has 0 N–H and O–H groups in total. The van der Waals surface area contributed by atoms with E-state index in [-0.39, 0.29) is 0 Å². The van der Waals surface area contributed by atoms with Crippen molar-refractivity contribution in [2.75, 3.05) is 0 Å². The lowest BCUT2D eigenvalue weighted by Gasteiger charge is -2.15. The van der Waals surface area contributed by atoms with E-state index in [1.54, 1.807) is 0 Å². The van der Waals surface area contributed by atoms with Crippen molar-refractivity contribution < 1.29 is 4.79 Å². The summed E-state index contributed by atoms with van der Waals surface area (Å²) in [5.41, 5.74) is 2.69. The van der Waals surface area contributed by atoms with Gasteiger partial charge in [-0.1, -0.05) is 13.8 Å². The maximum atomic E-state index is 10.7. The number of imidazole rings is 1. The van der Waals surface area contributed by atoms with Crippen molar-refractivity contribution in [3.8, 4) is 0 Å². The molecule has 0 bridgehead atoms. The number of hydrogen-bond donors (Lipinski definition) is 0. The summed E-state index contributed by atoms with van der Waals surface area (Å²) in [5, 5.41) is 0. The van der Waals surface area contributed by atoms with Crippen molar-refractivity contribution in [3.63, 3.8) is 0 Å². The van der Waals surface area contributed by atoms with Gasteiger partial charge in [0, 0.05) is 11.6 Å². The van der Waals surface area contributed by atoms with E-state index in [0.717, 1.165) is 30.2 Å². The van der Waals surface area contributed by atoms with Gasteiger partial charge in [-0.3, -0.25) is 4.79 Å². The molecule has 0 saturated carbocycles. The third-order valence-electron chi connectivity index (χ3n) is 3.07. The van der Waals surface area contributed by atoms with Crippen molar-refractivity contribution in [2.45, 2.75) is 32.7 Å². The van der Waals surface area contributed by atoms with E-state index in [9.17, 15) is 4.79 Å². The van der Waals surface area contributed by atoms with Gasteiger partial charge >= 0.3 is 0 Å². The zero-order chi connectivity index (χ0) is 11.5. The Balaban J connectivity index is 2.52. The summed E-state index contributed by atoms with van der Waals surface area (Å²) in [6.07, 6.45) is 4.92. The molecule has 16 heavy (non-hydrogen) atoms. The smallest absolute Gasteiger partial charge is 0.150 e. The minimum atomic E-state index is 0.493. The predicted molar refractivity (Wildman–Crippen MR) is 64.7 cm³/mol. The lowest BCUT2D eigenvalue weighted by atomic mass is 10.1. The molecule has 0 fully saturated rings. The molecule has 3 heteroatoms. The fourth-order valence-corrected chi connectivity index (χ4v) is 2.10. The number of nitrogens with zero attached hydrogens (tertiary/aromatic N) is 2. The molecule has 0 radical (unpaired) electrons. The molecule has 0 amide bonds. The SMILES string of the molecule is CCC(CC)n1cnc2cc(C=O)ccc21. The van der Waals surface area contributed by atoms with Gasteiger partial charge in [0.05, 0.1) is 17.4 Å². The number of benzene rings is 1. The minimum Gasteiger partial charge on any atom is -0.327 e. The van der Waals surface area contributed by atoms with Crippen LogP contribution in [0.15, 0.2) is 24.5 Å². The largest absolute Gasteiger partial charge is 0.327 e. The van der Waals surface area contributed by atoms with E-state index in [1.165, 1.54) is 0 Å². The number of carbonyl (C=O) groups is 1. The molecule has 1 aromatic carbocycles. The van der Waals surface area contributed by atoms with Gasteiger partial charge in [0.1, 0.15) is 6.29 Å². The second-order valence-electron chi connectivity index (χ2n) is 3.99. The van der Waals surface area contributed by atoms with Crippen LogP contribution in [0.2, 0.25) is 0 Å². The number of aldehydes is 1. The van der Waals surface area contributed by atoms with Gasteiger partial charge in [0.25, 0.3) is 0 Å². The van der Waals surface area contributed by atoms with Crippen LogP contribution in [0.4, 0.5) is 0 Å². The van der Waals surface area contributed by atoms with E-state index in [1.807, 2.05) is 24.5 Å². The average Bonchev–Trinajstić information content (AvgIpc) is 2.74. The highest BCUT2D eigenvalue weighted by molar-refractivity contribution is 5.84. The van der Waals surface area contributed by atoms with Crippen LogP contribution in [0.1, 0.15) is 43.1 Å². The molecule has 0 spiro atoms. The Morgan fingerprint density at radius 2 is 2.12 bits per heavy atom. The fourth-order valence-electron chi connectivity index (χ4n) is 2.10. The van der Waals surface area contributed by atoms with Crippen LogP contribution in [-0.2, 0) is 0 Å². The number of rotatable bonds is 4. The second kappa shape index (κ2) is 4.47. The number of aromatic nitrogens is 2. The first kappa shape index (κ1) is 10.9. The summed E-state index contributed by atoms with van der Waals surface area (Å²) < 4.78 is 2.20. The van der Waals surface area contributed by atoms with Gasteiger partial charge < -0.3 is 4.57 Å². The summed E-state index contributed by atoms with van der Waals surface area (Å²) in [6.45, 7) is 4.36. The van der Waals surface area contributed by atoms with Gasteiger partial charge in [-0.15, -0.1) is 0 Å². The third-order valence-corrected chi connectivity index (χ3v) is 3.07. The lowest BCUT2D eigenvalue weighted by Crippen LogP contribution is -2.05. The number of hydrogen-bond acceptors (Lipinski definition) is 2. The minimum absolute atomic E-state index is 0.493. The predicted octanol–water partition coefficient (Wildman–Crippen LogP) is 3.21. The van der Waals surface area contributed by atoms with Crippen LogP contribution >= 0.6 is 0 Å². The van der Waals surface area contributed by atoms with Crippen molar-refractivity contribution in [3.05, 3.63) is 30.1 Å². The quantitative estimate of drug-likeness (QED) is 0.735. The Hall–Kier alpha value is -1.64. The van der Waals surface area contributed by atoms with E-state index >= 15 is 0 Å². The zero-order valence-electron chi connectivity index (χ0n) is 9.68. The monoisotopic (exact) mass is 216 g/mol. The molecule has 2 aromatic rings. The molecule has 0 atom stereocenters. The number of carbonyl (C=O) groups excluding carboxylic acids is 1. The summed E-state index contributed by atoms with van der Waals surface area (Å²) >= 11 is 0. The average molecular weight is 216 g/mol. The third kappa shape index (κ3) is 1.73. The van der Waals surface area contributed by atoms with Crippen LogP contribution in [0.3, 0.4) is 0 Å². The Morgan fingerprint density at radius 1 is 1.38 bits per heavy atom. The highest BCUT2D eigenvalue weighted by Crippen LogP contribution is 2.22. The number of fused-ring (bicyclic) bond motifs is 1. The molecule has 1 heterocycles. The van der Waals surface area contributed by atoms with Crippen LogP contribution in [0, 0.1) is 0 Å². The molecule has 0 aliphatic carbocycles. The van der Waals surface area contributed by atoms with Crippen molar-refractivity contribution in [1.29, 1.82) is 0 Å². The molecule has 0 saturated heterocycles. The second-order valence-corrected chi connectivity index (χ2v) is 3.99. The van der Waals surface area contributed by atoms with Gasteiger partial charge in [-0.05, 0) is 31.0 Å². The molecular weight excluding hydrogens is 200 g/mol. The zero-order valence-corrected chi connectivity index (χ0v) is 9.68. The van der Waals surface area contributed by atoms with E-state index < -0.39 is 0 Å². The normalized spacial score (nSPS) is 11.2. The molecule has 1 aromatic heterocycles. The summed E-state index contributed by atoms with van der Waals surface area (Å²) in [7, 11) is 0. The summed E-state index contributed by atoms with van der Waals surface area (Å²) in [6, 6.07) is 6.15.